The first-order valence-corrected chi connectivity index (χ1v) is 14.9. The van der Waals surface area contributed by atoms with Crippen LogP contribution in [0.4, 0.5) is 4.79 Å². The van der Waals surface area contributed by atoms with Crippen LogP contribution in [0.1, 0.15) is 46.0 Å². The van der Waals surface area contributed by atoms with Crippen LogP contribution in [0.25, 0.3) is 6.08 Å². The lowest BCUT2D eigenvalue weighted by Crippen LogP contribution is -2.71. The lowest BCUT2D eigenvalue weighted by atomic mass is 9.84. The zero-order valence-electron chi connectivity index (χ0n) is 24.1. The molecule has 2 aliphatic rings. The van der Waals surface area contributed by atoms with Crippen molar-refractivity contribution in [2.75, 3.05) is 0 Å². The predicted octanol–water partition coefficient (Wildman–Crippen LogP) is 8.00. The van der Waals surface area contributed by atoms with E-state index in [9.17, 15) is 9.59 Å². The summed E-state index contributed by atoms with van der Waals surface area (Å²) in [6, 6.07) is 47.9. The number of cyclic esters (lactones) is 1. The first-order chi connectivity index (χ1) is 21.7. The second-order valence-electron chi connectivity index (χ2n) is 11.2. The highest BCUT2D eigenvalue weighted by molar-refractivity contribution is 5.95. The Hall–Kier alpha value is -5.42. The second kappa shape index (κ2) is 12.1. The monoisotopic (exact) mass is 576 g/mol. The Kier molecular flexibility index (Phi) is 7.51. The molecule has 0 radical (unpaired) electrons. The number of ether oxygens (including phenoxy) is 1. The van der Waals surface area contributed by atoms with Crippen molar-refractivity contribution in [2.24, 2.45) is 0 Å². The van der Waals surface area contributed by atoms with Crippen LogP contribution in [-0.2, 0) is 9.53 Å². The van der Waals surface area contributed by atoms with Crippen LogP contribution in [-0.4, -0.2) is 33.9 Å². The minimum absolute atomic E-state index is 0.114. The smallest absolute Gasteiger partial charge is 0.411 e. The number of amides is 2. The summed E-state index contributed by atoms with van der Waals surface area (Å²) in [7, 11) is 0. The van der Waals surface area contributed by atoms with Crippen LogP contribution in [0.5, 0.6) is 0 Å². The molecule has 2 heterocycles. The number of nitrogens with zero attached hydrogens (tertiary/aromatic N) is 2. The summed E-state index contributed by atoms with van der Waals surface area (Å²) in [6.45, 7) is 0. The lowest BCUT2D eigenvalue weighted by molar-refractivity contribution is -0.157. The summed E-state index contributed by atoms with van der Waals surface area (Å²) in [5.74, 6) is -0.114. The fraction of sp³-hybridized carbons (Fsp3) is 0.128. The van der Waals surface area contributed by atoms with Gasteiger partial charge in [0, 0.05) is 0 Å². The van der Waals surface area contributed by atoms with Crippen molar-refractivity contribution < 1.29 is 14.3 Å². The van der Waals surface area contributed by atoms with E-state index in [1.165, 1.54) is 0 Å². The summed E-state index contributed by atoms with van der Waals surface area (Å²) < 4.78 is 6.10. The van der Waals surface area contributed by atoms with Gasteiger partial charge in [-0.3, -0.25) is 9.69 Å². The Morgan fingerprint density at radius 1 is 0.568 bits per heavy atom. The molecule has 216 valence electrons. The summed E-state index contributed by atoms with van der Waals surface area (Å²) in [5.41, 5.74) is 4.85. The van der Waals surface area contributed by atoms with Gasteiger partial charge in [-0.1, -0.05) is 164 Å². The Morgan fingerprint density at radius 2 is 1.05 bits per heavy atom. The van der Waals surface area contributed by atoms with Gasteiger partial charge in [-0.15, -0.1) is 0 Å². The molecule has 0 saturated carbocycles. The molecule has 2 fully saturated rings. The fourth-order valence-electron chi connectivity index (χ4n) is 6.51. The average molecular weight is 577 g/mol. The van der Waals surface area contributed by atoms with Crippen LogP contribution in [0.15, 0.2) is 158 Å². The average Bonchev–Trinajstić information content (AvgIpc) is 3.43. The third-order valence-corrected chi connectivity index (χ3v) is 8.54. The predicted molar refractivity (Wildman–Crippen MR) is 171 cm³/mol. The molecule has 0 spiro atoms. The van der Waals surface area contributed by atoms with Gasteiger partial charge in [-0.25, -0.2) is 4.79 Å². The van der Waals surface area contributed by atoms with Crippen molar-refractivity contribution in [2.45, 2.75) is 30.3 Å². The largest absolute Gasteiger partial charge is 0.439 e. The van der Waals surface area contributed by atoms with Gasteiger partial charge >= 0.3 is 6.09 Å². The molecule has 2 aliphatic heterocycles. The summed E-state index contributed by atoms with van der Waals surface area (Å²) in [5, 5.41) is 0. The molecule has 4 atom stereocenters. The van der Waals surface area contributed by atoms with Crippen molar-refractivity contribution in [3.63, 3.8) is 0 Å². The van der Waals surface area contributed by atoms with Crippen molar-refractivity contribution in [1.82, 2.24) is 9.80 Å². The van der Waals surface area contributed by atoms with Crippen LogP contribution in [0.2, 0.25) is 0 Å². The molecule has 0 N–H and O–H groups in total. The minimum Gasteiger partial charge on any atom is -0.439 e. The van der Waals surface area contributed by atoms with E-state index in [1.54, 1.807) is 4.90 Å². The number of benzene rings is 5. The van der Waals surface area contributed by atoms with Gasteiger partial charge in [0.15, 0.2) is 6.10 Å². The van der Waals surface area contributed by atoms with Crippen molar-refractivity contribution in [3.8, 4) is 0 Å². The first-order valence-electron chi connectivity index (χ1n) is 14.9. The Bertz CT molecular complexity index is 1710. The van der Waals surface area contributed by atoms with Crippen molar-refractivity contribution in [3.05, 3.63) is 186 Å². The van der Waals surface area contributed by atoms with Gasteiger partial charge in [0.25, 0.3) is 0 Å². The first kappa shape index (κ1) is 27.4. The maximum absolute atomic E-state index is 14.6. The molecule has 0 bridgehead atoms. The van der Waals surface area contributed by atoms with Gasteiger partial charge in [-0.05, 0) is 27.8 Å². The zero-order valence-corrected chi connectivity index (χ0v) is 24.1. The normalized spacial score (nSPS) is 21.5. The number of β-lactam (4-membered cyclic amide) rings is 1. The van der Waals surface area contributed by atoms with Crippen LogP contribution in [0, 0.1) is 0 Å². The molecule has 7 rings (SSSR count). The van der Waals surface area contributed by atoms with Gasteiger partial charge in [0.05, 0.1) is 12.1 Å². The molecule has 2 saturated heterocycles. The molecule has 0 aromatic heterocycles. The molecule has 5 aromatic carbocycles. The number of hydrogen-bond donors (Lipinski definition) is 0. The molecule has 5 aromatic rings. The highest BCUT2D eigenvalue weighted by Crippen LogP contribution is 2.49. The van der Waals surface area contributed by atoms with Crippen molar-refractivity contribution in [1.29, 1.82) is 0 Å². The molecule has 0 unspecified atom stereocenters. The zero-order chi connectivity index (χ0) is 29.9. The summed E-state index contributed by atoms with van der Waals surface area (Å²) >= 11 is 0. The number of likely N-dealkylation sites (tertiary alicyclic amines) is 1. The van der Waals surface area contributed by atoms with Gasteiger partial charge in [0.2, 0.25) is 5.91 Å². The maximum atomic E-state index is 14.6. The third kappa shape index (κ3) is 5.07. The Morgan fingerprint density at radius 3 is 1.59 bits per heavy atom. The summed E-state index contributed by atoms with van der Waals surface area (Å²) in [4.78, 5) is 32.0. The van der Waals surface area contributed by atoms with Crippen LogP contribution < -0.4 is 0 Å². The highest BCUT2D eigenvalue weighted by Gasteiger charge is 2.59. The Balaban J connectivity index is 1.34. The highest BCUT2D eigenvalue weighted by atomic mass is 16.6. The van der Waals surface area contributed by atoms with Crippen LogP contribution >= 0.6 is 0 Å². The Labute approximate surface area is 257 Å². The molecular weight excluding hydrogens is 544 g/mol. The van der Waals surface area contributed by atoms with Crippen LogP contribution in [0.3, 0.4) is 0 Å². The molecule has 44 heavy (non-hydrogen) atoms. The van der Waals surface area contributed by atoms with Gasteiger partial charge < -0.3 is 9.64 Å². The number of hydrogen-bond acceptors (Lipinski definition) is 3. The van der Waals surface area contributed by atoms with E-state index in [2.05, 4.69) is 30.3 Å². The van der Waals surface area contributed by atoms with E-state index in [4.69, 9.17) is 4.74 Å². The fourth-order valence-corrected chi connectivity index (χ4v) is 6.51. The maximum Gasteiger partial charge on any atom is 0.411 e. The molecular formula is C39H32N2O3. The van der Waals surface area contributed by atoms with E-state index in [-0.39, 0.29) is 11.9 Å². The quantitative estimate of drug-likeness (QED) is 0.176. The molecule has 2 amide bonds. The number of carbonyl (C=O) groups excluding carboxylic acids is 2. The van der Waals surface area contributed by atoms with Gasteiger partial charge in [-0.2, -0.15) is 0 Å². The summed E-state index contributed by atoms with van der Waals surface area (Å²) in [6.07, 6.45) is 3.06. The second-order valence-corrected chi connectivity index (χ2v) is 11.2. The number of rotatable bonds is 8. The molecule has 5 nitrogen and oxygen atoms in total. The molecule has 0 aliphatic carbocycles. The third-order valence-electron chi connectivity index (χ3n) is 8.54. The SMILES string of the molecule is O=C1[C@H](N2C(=O)O[C@@H](c3ccccc3)[C@H]2c2ccccc2)[C@H](/C=C/c2ccccc2)N1C(c1ccccc1)c1ccccc1. The standard InChI is InChI=1S/C39H32N2O3/c42-38-36(41-35(31-22-12-4-13-23-31)37(44-39(41)43)32-24-14-5-15-25-32)33(27-26-28-16-6-1-7-17-28)40(38)34(29-18-8-2-9-19-29)30-20-10-3-11-21-30/h1-27,33-37H/b27-26+/t33-,35+,36+,37-/m0/s1. The number of carbonyl (C=O) groups is 2. The van der Waals surface area contributed by atoms with E-state index in [1.807, 2.05) is 138 Å². The lowest BCUT2D eigenvalue weighted by Gasteiger charge is -2.53. The topological polar surface area (TPSA) is 49.9 Å². The van der Waals surface area contributed by atoms with E-state index in [0.29, 0.717) is 0 Å². The minimum atomic E-state index is -0.740. The van der Waals surface area contributed by atoms with E-state index in [0.717, 1.165) is 27.8 Å². The van der Waals surface area contributed by atoms with Gasteiger partial charge in [0.1, 0.15) is 12.1 Å². The van der Waals surface area contributed by atoms with E-state index < -0.39 is 30.3 Å². The van der Waals surface area contributed by atoms with E-state index >= 15 is 0 Å². The molecule has 5 heteroatoms. The van der Waals surface area contributed by atoms with Crippen molar-refractivity contribution >= 4 is 18.1 Å².